The van der Waals surface area contributed by atoms with Crippen LogP contribution < -0.4 is 10.6 Å². The van der Waals surface area contributed by atoms with Gasteiger partial charge in [0.2, 0.25) is 6.41 Å². The number of nitrogens with one attached hydrogen (secondary N) is 2. The molecule has 0 atom stereocenters. The predicted molar refractivity (Wildman–Crippen MR) is 68.9 cm³/mol. The van der Waals surface area contributed by atoms with Crippen LogP contribution in [0.2, 0.25) is 0 Å². The van der Waals surface area contributed by atoms with Crippen LogP contribution in [0.3, 0.4) is 0 Å². The summed E-state index contributed by atoms with van der Waals surface area (Å²) >= 11 is 0. The Morgan fingerprint density at radius 1 is 1.42 bits per heavy atom. The Bertz CT molecular complexity index is 488. The number of nitro groups is 1. The number of rotatable bonds is 7. The molecule has 0 radical (unpaired) electrons. The molecule has 0 spiro atoms. The van der Waals surface area contributed by atoms with E-state index in [9.17, 15) is 19.7 Å². The molecule has 1 aromatic carbocycles. The number of benzene rings is 1. The molecule has 0 fully saturated rings. The Morgan fingerprint density at radius 2 is 2.16 bits per heavy atom. The van der Waals surface area contributed by atoms with Gasteiger partial charge < -0.3 is 10.6 Å². The van der Waals surface area contributed by atoms with Crippen molar-refractivity contribution in [1.29, 1.82) is 0 Å². The van der Waals surface area contributed by atoms with Gasteiger partial charge in [0.25, 0.3) is 11.6 Å². The van der Waals surface area contributed by atoms with Gasteiger partial charge in [-0.15, -0.1) is 0 Å². The highest BCUT2D eigenvalue weighted by Gasteiger charge is 2.17. The molecular weight excluding hydrogens is 250 g/mol. The van der Waals surface area contributed by atoms with Gasteiger partial charge in [0.15, 0.2) is 0 Å². The van der Waals surface area contributed by atoms with Gasteiger partial charge in [-0.05, 0) is 19.4 Å². The number of hydrogen-bond acceptors (Lipinski definition) is 4. The highest BCUT2D eigenvalue weighted by Crippen LogP contribution is 2.20. The average Bonchev–Trinajstić information content (AvgIpc) is 2.38. The van der Waals surface area contributed by atoms with E-state index in [2.05, 4.69) is 10.6 Å². The van der Waals surface area contributed by atoms with E-state index in [1.54, 1.807) is 13.0 Å². The molecule has 0 saturated carbocycles. The van der Waals surface area contributed by atoms with Crippen LogP contribution >= 0.6 is 0 Å². The van der Waals surface area contributed by atoms with Crippen LogP contribution in [-0.2, 0) is 4.79 Å². The average molecular weight is 265 g/mol. The summed E-state index contributed by atoms with van der Waals surface area (Å²) in [5.41, 5.74) is 0.559. The number of carbonyl (C=O) groups excluding carboxylic acids is 2. The first-order valence-corrected chi connectivity index (χ1v) is 5.77. The van der Waals surface area contributed by atoms with Crippen LogP contribution in [0.15, 0.2) is 18.2 Å². The third-order valence-electron chi connectivity index (χ3n) is 2.61. The van der Waals surface area contributed by atoms with Gasteiger partial charge in [0.1, 0.15) is 0 Å². The van der Waals surface area contributed by atoms with E-state index in [0.717, 1.165) is 0 Å². The molecule has 0 aromatic heterocycles. The van der Waals surface area contributed by atoms with Crippen molar-refractivity contribution in [2.45, 2.75) is 13.3 Å². The Labute approximate surface area is 110 Å². The first kappa shape index (κ1) is 14.6. The van der Waals surface area contributed by atoms with E-state index in [4.69, 9.17) is 0 Å². The summed E-state index contributed by atoms with van der Waals surface area (Å²) in [6.45, 7) is 2.40. The van der Waals surface area contributed by atoms with E-state index < -0.39 is 4.92 Å². The van der Waals surface area contributed by atoms with Crippen LogP contribution in [0.1, 0.15) is 22.3 Å². The van der Waals surface area contributed by atoms with Crippen molar-refractivity contribution in [1.82, 2.24) is 10.6 Å². The number of nitrogens with zero attached hydrogens (tertiary/aromatic N) is 1. The monoisotopic (exact) mass is 265 g/mol. The molecular formula is C12H15N3O4. The molecule has 2 N–H and O–H groups in total. The van der Waals surface area contributed by atoms with E-state index in [1.165, 1.54) is 12.1 Å². The van der Waals surface area contributed by atoms with Crippen molar-refractivity contribution in [3.63, 3.8) is 0 Å². The normalized spacial score (nSPS) is 9.74. The van der Waals surface area contributed by atoms with E-state index in [0.29, 0.717) is 31.5 Å². The van der Waals surface area contributed by atoms with Crippen LogP contribution in [0.5, 0.6) is 0 Å². The maximum Gasteiger partial charge on any atom is 0.273 e. The maximum atomic E-state index is 11.8. The zero-order chi connectivity index (χ0) is 14.3. The second-order valence-electron chi connectivity index (χ2n) is 3.89. The molecule has 1 rings (SSSR count). The van der Waals surface area contributed by atoms with Crippen LogP contribution in [-0.4, -0.2) is 30.3 Å². The first-order valence-electron chi connectivity index (χ1n) is 5.77. The molecule has 1 aromatic rings. The molecule has 0 unspecified atom stereocenters. The summed E-state index contributed by atoms with van der Waals surface area (Å²) in [5.74, 6) is -0.354. The summed E-state index contributed by atoms with van der Waals surface area (Å²) in [7, 11) is 0. The lowest BCUT2D eigenvalue weighted by Gasteiger charge is -2.07. The van der Waals surface area contributed by atoms with Gasteiger partial charge in [-0.3, -0.25) is 19.7 Å². The van der Waals surface area contributed by atoms with Gasteiger partial charge in [-0.25, -0.2) is 0 Å². The van der Waals surface area contributed by atoms with Crippen LogP contribution in [0, 0.1) is 17.0 Å². The van der Waals surface area contributed by atoms with Crippen molar-refractivity contribution in [2.75, 3.05) is 13.1 Å². The molecule has 0 aliphatic rings. The summed E-state index contributed by atoms with van der Waals surface area (Å²) in [6, 6.07) is 4.38. The van der Waals surface area contributed by atoms with Gasteiger partial charge in [-0.1, -0.05) is 6.07 Å². The number of hydrogen-bond donors (Lipinski definition) is 2. The van der Waals surface area contributed by atoms with Crippen LogP contribution in [0.25, 0.3) is 0 Å². The third-order valence-corrected chi connectivity index (χ3v) is 2.61. The van der Waals surface area contributed by atoms with Crippen molar-refractivity contribution in [3.05, 3.63) is 39.4 Å². The van der Waals surface area contributed by atoms with Gasteiger partial charge in [0, 0.05) is 30.3 Å². The number of amides is 2. The van der Waals surface area contributed by atoms with Crippen LogP contribution in [0.4, 0.5) is 5.69 Å². The minimum atomic E-state index is -0.514. The SMILES string of the molecule is Cc1c(C(=O)NCCCNC=O)cccc1[N+](=O)[O-]. The van der Waals surface area contributed by atoms with Gasteiger partial charge in [0.05, 0.1) is 4.92 Å². The number of nitro benzene ring substituents is 1. The highest BCUT2D eigenvalue weighted by molar-refractivity contribution is 5.96. The zero-order valence-corrected chi connectivity index (χ0v) is 10.5. The largest absolute Gasteiger partial charge is 0.359 e. The summed E-state index contributed by atoms with van der Waals surface area (Å²) in [5, 5.41) is 15.9. The molecule has 19 heavy (non-hydrogen) atoms. The minimum absolute atomic E-state index is 0.0738. The summed E-state index contributed by atoms with van der Waals surface area (Å²) in [6.07, 6.45) is 1.19. The van der Waals surface area contributed by atoms with E-state index >= 15 is 0 Å². The lowest BCUT2D eigenvalue weighted by atomic mass is 10.1. The molecule has 0 bridgehead atoms. The second kappa shape index (κ2) is 7.10. The summed E-state index contributed by atoms with van der Waals surface area (Å²) < 4.78 is 0. The Hall–Kier alpha value is -2.44. The van der Waals surface area contributed by atoms with Gasteiger partial charge >= 0.3 is 0 Å². The topological polar surface area (TPSA) is 101 Å². The van der Waals surface area contributed by atoms with Gasteiger partial charge in [-0.2, -0.15) is 0 Å². The quantitative estimate of drug-likeness (QED) is 0.329. The fraction of sp³-hybridized carbons (Fsp3) is 0.333. The van der Waals surface area contributed by atoms with E-state index in [-0.39, 0.29) is 17.2 Å². The molecule has 2 amide bonds. The highest BCUT2D eigenvalue weighted by atomic mass is 16.6. The lowest BCUT2D eigenvalue weighted by Crippen LogP contribution is -2.27. The number of carbonyl (C=O) groups is 2. The fourth-order valence-electron chi connectivity index (χ4n) is 1.61. The zero-order valence-electron chi connectivity index (χ0n) is 10.5. The molecule has 7 nitrogen and oxygen atoms in total. The molecule has 7 heteroatoms. The first-order chi connectivity index (χ1) is 9.07. The third kappa shape index (κ3) is 4.06. The van der Waals surface area contributed by atoms with E-state index in [1.807, 2.05) is 0 Å². The molecule has 0 saturated heterocycles. The fourth-order valence-corrected chi connectivity index (χ4v) is 1.61. The molecule has 102 valence electrons. The minimum Gasteiger partial charge on any atom is -0.359 e. The summed E-state index contributed by atoms with van der Waals surface area (Å²) in [4.78, 5) is 32.1. The Morgan fingerprint density at radius 3 is 2.79 bits per heavy atom. The smallest absolute Gasteiger partial charge is 0.273 e. The Balaban J connectivity index is 2.64. The standard InChI is InChI=1S/C12H15N3O4/c1-9-10(4-2-5-11(9)15(18)19)12(17)14-7-3-6-13-8-16/h2,4-5,8H,3,6-7H2,1H3,(H,13,16)(H,14,17). The second-order valence-corrected chi connectivity index (χ2v) is 3.89. The lowest BCUT2D eigenvalue weighted by molar-refractivity contribution is -0.385. The molecule has 0 aliphatic carbocycles. The van der Waals surface area contributed by atoms with Crippen molar-refractivity contribution in [3.8, 4) is 0 Å². The van der Waals surface area contributed by atoms with Crippen molar-refractivity contribution in [2.24, 2.45) is 0 Å². The Kier molecular flexibility index (Phi) is 5.46. The molecule has 0 aliphatic heterocycles. The maximum absolute atomic E-state index is 11.8. The van der Waals surface area contributed by atoms with Crippen molar-refractivity contribution >= 4 is 18.0 Å². The predicted octanol–water partition coefficient (Wildman–Crippen LogP) is 0.769. The molecule has 0 heterocycles. The van der Waals surface area contributed by atoms with Crippen molar-refractivity contribution < 1.29 is 14.5 Å².